The lowest BCUT2D eigenvalue weighted by atomic mass is 9.87. The third-order valence-corrected chi connectivity index (χ3v) is 9.93. The number of guanidine groups is 1. The van der Waals surface area contributed by atoms with Crippen molar-refractivity contribution in [3.8, 4) is 5.69 Å². The van der Waals surface area contributed by atoms with Gasteiger partial charge in [-0.3, -0.25) is 0 Å². The maximum absolute atomic E-state index is 5.42. The number of fused-ring (bicyclic) bond motifs is 10. The normalized spacial score (nSPS) is 19.7. The Labute approximate surface area is 278 Å². The average Bonchev–Trinajstić information content (AvgIpc) is 3.70. The van der Waals surface area contributed by atoms with E-state index in [1.54, 1.807) is 0 Å². The molecule has 0 bridgehead atoms. The zero-order valence-corrected chi connectivity index (χ0v) is 26.1. The molecule has 0 amide bonds. The third kappa shape index (κ3) is 3.97. The predicted molar refractivity (Wildman–Crippen MR) is 198 cm³/mol. The summed E-state index contributed by atoms with van der Waals surface area (Å²) < 4.78 is 2.46. The Morgan fingerprint density at radius 3 is 2.02 bits per heavy atom. The van der Waals surface area contributed by atoms with Crippen molar-refractivity contribution in [1.29, 1.82) is 0 Å². The Morgan fingerprint density at radius 2 is 1.23 bits per heavy atom. The number of rotatable bonds is 3. The van der Waals surface area contributed by atoms with Gasteiger partial charge in [-0.2, -0.15) is 0 Å². The molecule has 1 N–H and O–H groups in total. The van der Waals surface area contributed by atoms with Crippen LogP contribution in [0.15, 0.2) is 174 Å². The minimum atomic E-state index is -0.390. The van der Waals surface area contributed by atoms with Gasteiger partial charge in [-0.05, 0) is 40.1 Å². The number of amidine groups is 1. The van der Waals surface area contributed by atoms with Crippen LogP contribution in [0.4, 0.5) is 5.69 Å². The molecule has 3 aliphatic rings. The van der Waals surface area contributed by atoms with E-state index >= 15 is 0 Å². The first-order valence-corrected chi connectivity index (χ1v) is 16.6. The molecule has 5 nitrogen and oxygen atoms in total. The van der Waals surface area contributed by atoms with Crippen molar-refractivity contribution in [3.63, 3.8) is 0 Å². The second kappa shape index (κ2) is 10.7. The highest BCUT2D eigenvalue weighted by molar-refractivity contribution is 6.29. The zero-order chi connectivity index (χ0) is 31.6. The summed E-state index contributed by atoms with van der Waals surface area (Å²) >= 11 is 0. The minimum Gasteiger partial charge on any atom is -0.310 e. The molecule has 0 fully saturated rings. The van der Waals surface area contributed by atoms with E-state index in [9.17, 15) is 0 Å². The van der Waals surface area contributed by atoms with Crippen molar-refractivity contribution in [2.45, 2.75) is 18.1 Å². The molecule has 0 saturated heterocycles. The fourth-order valence-corrected chi connectivity index (χ4v) is 7.94. The molecular weight excluding hydrogens is 587 g/mol. The molecule has 5 heteroatoms. The fourth-order valence-electron chi connectivity index (χ4n) is 7.94. The van der Waals surface area contributed by atoms with Gasteiger partial charge in [0.25, 0.3) is 0 Å². The summed E-state index contributed by atoms with van der Waals surface area (Å²) in [5, 5.41) is 8.80. The SMILES string of the molecule is C1=CC2c3c(c4c(c5ccccc35)c3ccccc3n4-c3ccccc3)N(C3=NC(c4ccccc4)N=C(c4ccccc4)N3)C2C=C1. The van der Waals surface area contributed by atoms with Gasteiger partial charge >= 0.3 is 0 Å². The molecule has 1 aromatic heterocycles. The molecule has 0 radical (unpaired) electrons. The number of nitrogens with zero attached hydrogens (tertiary/aromatic N) is 4. The maximum Gasteiger partial charge on any atom is 0.207 e. The first kappa shape index (κ1) is 27.0. The molecule has 1 aliphatic carbocycles. The fraction of sp³-hybridized carbons (Fsp3) is 0.0698. The molecule has 0 spiro atoms. The van der Waals surface area contributed by atoms with Gasteiger partial charge in [-0.25, -0.2) is 9.98 Å². The van der Waals surface area contributed by atoms with E-state index in [2.05, 4.69) is 166 Å². The number of hydrogen-bond acceptors (Lipinski definition) is 4. The summed E-state index contributed by atoms with van der Waals surface area (Å²) in [7, 11) is 0. The van der Waals surface area contributed by atoms with Crippen molar-refractivity contribution in [1.82, 2.24) is 9.88 Å². The smallest absolute Gasteiger partial charge is 0.207 e. The van der Waals surface area contributed by atoms with Crippen LogP contribution in [0.3, 0.4) is 0 Å². The first-order chi connectivity index (χ1) is 23.8. The van der Waals surface area contributed by atoms with E-state index in [0.29, 0.717) is 0 Å². The zero-order valence-electron chi connectivity index (χ0n) is 26.1. The van der Waals surface area contributed by atoms with E-state index < -0.39 is 0 Å². The van der Waals surface area contributed by atoms with Gasteiger partial charge in [0.05, 0.1) is 22.8 Å². The maximum atomic E-state index is 5.42. The number of benzene rings is 6. The molecule has 2 aliphatic heterocycles. The number of para-hydroxylation sites is 2. The Kier molecular flexibility index (Phi) is 6.00. The quantitative estimate of drug-likeness (QED) is 0.215. The predicted octanol–water partition coefficient (Wildman–Crippen LogP) is 9.44. The van der Waals surface area contributed by atoms with Crippen LogP contribution in [0.5, 0.6) is 0 Å². The average molecular weight is 618 g/mol. The summed E-state index contributed by atoms with van der Waals surface area (Å²) in [6.07, 6.45) is 8.67. The van der Waals surface area contributed by atoms with Crippen LogP contribution in [-0.2, 0) is 0 Å². The van der Waals surface area contributed by atoms with Crippen molar-refractivity contribution in [3.05, 3.63) is 181 Å². The van der Waals surface area contributed by atoms with Gasteiger partial charge in [0, 0.05) is 27.9 Å². The summed E-state index contributed by atoms with van der Waals surface area (Å²) in [5.74, 6) is 1.75. The van der Waals surface area contributed by atoms with Gasteiger partial charge in [-0.1, -0.05) is 146 Å². The second-order valence-corrected chi connectivity index (χ2v) is 12.6. The Morgan fingerprint density at radius 1 is 0.583 bits per heavy atom. The van der Waals surface area contributed by atoms with Gasteiger partial charge in [0.1, 0.15) is 5.84 Å². The molecule has 48 heavy (non-hydrogen) atoms. The second-order valence-electron chi connectivity index (χ2n) is 12.6. The number of aliphatic imine (C=N–C) groups is 2. The topological polar surface area (TPSA) is 44.9 Å². The Balaban J connectivity index is 1.32. The molecule has 228 valence electrons. The molecule has 7 aromatic rings. The summed E-state index contributed by atoms with van der Waals surface area (Å²) in [6.45, 7) is 0. The van der Waals surface area contributed by atoms with Crippen LogP contribution in [0.1, 0.15) is 28.8 Å². The Hall–Kier alpha value is -6.20. The summed E-state index contributed by atoms with van der Waals surface area (Å²) in [4.78, 5) is 13.0. The molecule has 3 atom stereocenters. The van der Waals surface area contributed by atoms with Crippen molar-refractivity contribution < 1.29 is 0 Å². The Bertz CT molecular complexity index is 2490. The molecule has 3 unspecified atom stereocenters. The number of anilines is 1. The third-order valence-electron chi connectivity index (χ3n) is 9.93. The van der Waals surface area contributed by atoms with Crippen LogP contribution in [0.2, 0.25) is 0 Å². The highest BCUT2D eigenvalue weighted by atomic mass is 15.4. The summed E-state index contributed by atoms with van der Waals surface area (Å²) in [5.41, 5.74) is 8.11. The summed E-state index contributed by atoms with van der Waals surface area (Å²) in [6, 6.07) is 49.3. The first-order valence-electron chi connectivity index (χ1n) is 16.6. The minimum absolute atomic E-state index is 0.0269. The number of hydrogen-bond donors (Lipinski definition) is 1. The van der Waals surface area contributed by atoms with E-state index in [0.717, 1.165) is 28.6 Å². The van der Waals surface area contributed by atoms with E-state index in [-0.39, 0.29) is 18.1 Å². The van der Waals surface area contributed by atoms with Crippen molar-refractivity contribution >= 4 is 50.1 Å². The van der Waals surface area contributed by atoms with Gasteiger partial charge < -0.3 is 14.8 Å². The lowest BCUT2D eigenvalue weighted by molar-refractivity contribution is 0.714. The van der Waals surface area contributed by atoms with Gasteiger partial charge in [0.15, 0.2) is 6.17 Å². The molecule has 0 saturated carbocycles. The highest BCUT2D eigenvalue weighted by Crippen LogP contribution is 2.54. The van der Waals surface area contributed by atoms with Crippen molar-refractivity contribution in [2.24, 2.45) is 9.98 Å². The van der Waals surface area contributed by atoms with E-state index in [4.69, 9.17) is 9.98 Å². The number of allylic oxidation sites excluding steroid dienone is 2. The molecule has 10 rings (SSSR count). The highest BCUT2D eigenvalue weighted by Gasteiger charge is 2.44. The van der Waals surface area contributed by atoms with Crippen LogP contribution in [0, 0.1) is 0 Å². The number of aromatic nitrogens is 1. The monoisotopic (exact) mass is 617 g/mol. The molecule has 3 heterocycles. The van der Waals surface area contributed by atoms with E-state index in [1.165, 1.54) is 43.8 Å². The standard InChI is InChI=1S/C43H31N5/c1-4-16-28(17-5-1)41-44-42(29-18-6-2-7-19-29)46-43(45-41)48-36-27-15-13-25-34(36)38-32-23-11-10-22-31(32)37-33-24-12-14-26-35(33)47(39(37)40(38)48)30-20-8-3-9-21-30/h1-27,34,36,41H,(H,44,45,46). The molecule has 6 aromatic carbocycles. The van der Waals surface area contributed by atoms with Gasteiger partial charge in [0.2, 0.25) is 5.96 Å². The lowest BCUT2D eigenvalue weighted by Crippen LogP contribution is -2.50. The lowest BCUT2D eigenvalue weighted by Gasteiger charge is -2.33. The van der Waals surface area contributed by atoms with Crippen molar-refractivity contribution in [2.75, 3.05) is 4.90 Å². The van der Waals surface area contributed by atoms with E-state index in [1.807, 2.05) is 12.1 Å². The van der Waals surface area contributed by atoms with Crippen LogP contribution in [-0.4, -0.2) is 22.4 Å². The van der Waals surface area contributed by atoms with Crippen LogP contribution < -0.4 is 10.2 Å². The van der Waals surface area contributed by atoms with Crippen LogP contribution in [0.25, 0.3) is 38.3 Å². The van der Waals surface area contributed by atoms with Crippen LogP contribution >= 0.6 is 0 Å². The molecular formula is C43H31N5. The number of nitrogens with one attached hydrogen (secondary N) is 1. The van der Waals surface area contributed by atoms with Gasteiger partial charge in [-0.15, -0.1) is 0 Å². The largest absolute Gasteiger partial charge is 0.310 e.